The van der Waals surface area contributed by atoms with Gasteiger partial charge in [0.25, 0.3) is 11.8 Å². The molecule has 2 aromatic heterocycles. The lowest BCUT2D eigenvalue weighted by molar-refractivity contribution is 0.0691. The summed E-state index contributed by atoms with van der Waals surface area (Å²) in [5, 5.41) is 11.2. The quantitative estimate of drug-likeness (QED) is 0.694. The van der Waals surface area contributed by atoms with Gasteiger partial charge in [-0.2, -0.15) is 16.4 Å². The Kier molecular flexibility index (Phi) is 4.88. The second-order valence-corrected chi connectivity index (χ2v) is 8.00. The first-order valence-corrected chi connectivity index (χ1v) is 10.7. The molecule has 0 aliphatic carbocycles. The third kappa shape index (κ3) is 3.52. The third-order valence-corrected chi connectivity index (χ3v) is 6.10. The van der Waals surface area contributed by atoms with E-state index in [0.29, 0.717) is 36.0 Å². The van der Waals surface area contributed by atoms with Crippen molar-refractivity contribution in [3.05, 3.63) is 58.4 Å². The monoisotopic (exact) mass is 424 g/mol. The molecule has 2 aliphatic rings. The summed E-state index contributed by atoms with van der Waals surface area (Å²) < 4.78 is 12.5. The van der Waals surface area contributed by atoms with E-state index in [0.717, 1.165) is 18.4 Å². The van der Waals surface area contributed by atoms with Crippen molar-refractivity contribution in [2.75, 3.05) is 25.2 Å². The molecule has 0 atom stereocenters. The van der Waals surface area contributed by atoms with Crippen molar-refractivity contribution in [1.82, 2.24) is 14.7 Å². The number of amides is 2. The fourth-order valence-corrected chi connectivity index (χ4v) is 4.44. The third-order valence-electron chi connectivity index (χ3n) is 5.41. The topological polar surface area (TPSA) is 85.7 Å². The van der Waals surface area contributed by atoms with E-state index < -0.39 is 0 Å². The molecule has 0 saturated carbocycles. The van der Waals surface area contributed by atoms with Crippen molar-refractivity contribution in [2.24, 2.45) is 0 Å². The summed E-state index contributed by atoms with van der Waals surface area (Å²) in [7, 11) is 0. The van der Waals surface area contributed by atoms with E-state index in [4.69, 9.17) is 9.47 Å². The molecule has 1 fully saturated rings. The van der Waals surface area contributed by atoms with Crippen LogP contribution in [0.4, 0.5) is 5.82 Å². The summed E-state index contributed by atoms with van der Waals surface area (Å²) in [6.07, 6.45) is 3.24. The minimum atomic E-state index is -0.236. The number of nitrogens with one attached hydrogen (secondary N) is 1. The van der Waals surface area contributed by atoms with E-state index >= 15 is 0 Å². The smallest absolute Gasteiger partial charge is 0.256 e. The Morgan fingerprint density at radius 3 is 2.70 bits per heavy atom. The van der Waals surface area contributed by atoms with Gasteiger partial charge in [-0.15, -0.1) is 0 Å². The number of nitrogens with zero attached hydrogens (tertiary/aromatic N) is 3. The van der Waals surface area contributed by atoms with Crippen molar-refractivity contribution in [1.29, 1.82) is 0 Å². The molecule has 0 bridgehead atoms. The number of carbonyl (C=O) groups excluding carboxylic acids is 2. The fraction of sp³-hybridized carbons (Fsp3) is 0.286. The first kappa shape index (κ1) is 18.7. The zero-order valence-corrected chi connectivity index (χ0v) is 16.9. The standard InChI is InChI=1S/C21H20N4O4S/c26-20(14-1-2-17-18(11-14)29-13-28-17)23-19-3-7-22-25(19)16-4-8-24(9-5-16)21(27)15-6-10-30-12-15/h1-3,6-7,10-12,16H,4-5,8-9,13H2,(H,23,26). The number of hydrogen-bond acceptors (Lipinski definition) is 6. The predicted octanol–water partition coefficient (Wildman–Crippen LogP) is 3.40. The van der Waals surface area contributed by atoms with Crippen LogP contribution in [0.5, 0.6) is 11.5 Å². The Bertz CT molecular complexity index is 1070. The van der Waals surface area contributed by atoms with Crippen molar-refractivity contribution < 1.29 is 19.1 Å². The normalized spacial score (nSPS) is 15.9. The van der Waals surface area contributed by atoms with Crippen molar-refractivity contribution in [3.8, 4) is 11.5 Å². The average Bonchev–Trinajstić information content (AvgIpc) is 3.54. The van der Waals surface area contributed by atoms with E-state index in [1.807, 2.05) is 26.4 Å². The van der Waals surface area contributed by atoms with Gasteiger partial charge in [-0.3, -0.25) is 9.59 Å². The van der Waals surface area contributed by atoms with E-state index in [-0.39, 0.29) is 24.6 Å². The van der Waals surface area contributed by atoms with Gasteiger partial charge in [0.15, 0.2) is 11.5 Å². The van der Waals surface area contributed by atoms with Gasteiger partial charge in [-0.1, -0.05) is 0 Å². The number of piperidine rings is 1. The lowest BCUT2D eigenvalue weighted by Gasteiger charge is -2.32. The summed E-state index contributed by atoms with van der Waals surface area (Å²) in [6.45, 7) is 1.49. The van der Waals surface area contributed by atoms with E-state index in [1.165, 1.54) is 11.3 Å². The van der Waals surface area contributed by atoms with E-state index in [9.17, 15) is 9.59 Å². The van der Waals surface area contributed by atoms with Gasteiger partial charge in [0.1, 0.15) is 5.82 Å². The number of fused-ring (bicyclic) bond motifs is 1. The van der Waals surface area contributed by atoms with Gasteiger partial charge in [-0.05, 0) is 42.5 Å². The van der Waals surface area contributed by atoms with Crippen molar-refractivity contribution in [2.45, 2.75) is 18.9 Å². The first-order valence-electron chi connectivity index (χ1n) is 9.75. The molecule has 0 spiro atoms. The highest BCUT2D eigenvalue weighted by Gasteiger charge is 2.27. The van der Waals surface area contributed by atoms with Crippen LogP contribution < -0.4 is 14.8 Å². The molecule has 1 saturated heterocycles. The number of hydrogen-bond donors (Lipinski definition) is 1. The van der Waals surface area contributed by atoms with Crippen LogP contribution in [-0.2, 0) is 0 Å². The summed E-state index contributed by atoms with van der Waals surface area (Å²) >= 11 is 1.53. The fourth-order valence-electron chi connectivity index (χ4n) is 3.81. The largest absolute Gasteiger partial charge is 0.454 e. The van der Waals surface area contributed by atoms with Crippen molar-refractivity contribution >= 4 is 29.0 Å². The lowest BCUT2D eigenvalue weighted by atomic mass is 10.0. The maximum atomic E-state index is 12.7. The van der Waals surface area contributed by atoms with Crippen LogP contribution in [0.3, 0.4) is 0 Å². The molecule has 2 amide bonds. The van der Waals surface area contributed by atoms with Crippen LogP contribution >= 0.6 is 11.3 Å². The Morgan fingerprint density at radius 1 is 1.07 bits per heavy atom. The van der Waals surface area contributed by atoms with Gasteiger partial charge in [-0.25, -0.2) is 4.68 Å². The van der Waals surface area contributed by atoms with Gasteiger partial charge < -0.3 is 19.7 Å². The maximum Gasteiger partial charge on any atom is 0.256 e. The molecular weight excluding hydrogens is 404 g/mol. The molecule has 1 aromatic carbocycles. The Labute approximate surface area is 177 Å². The zero-order chi connectivity index (χ0) is 20.5. The molecule has 3 aromatic rings. The summed E-state index contributed by atoms with van der Waals surface area (Å²) in [4.78, 5) is 27.1. The second kappa shape index (κ2) is 7.83. The number of benzene rings is 1. The minimum Gasteiger partial charge on any atom is -0.454 e. The van der Waals surface area contributed by atoms with Crippen LogP contribution in [0.25, 0.3) is 0 Å². The van der Waals surface area contributed by atoms with Gasteiger partial charge in [0.2, 0.25) is 6.79 Å². The average molecular weight is 424 g/mol. The predicted molar refractivity (Wildman–Crippen MR) is 111 cm³/mol. The maximum absolute atomic E-state index is 12.7. The van der Waals surface area contributed by atoms with Crippen LogP contribution in [0.15, 0.2) is 47.3 Å². The molecule has 5 rings (SSSR count). The number of aromatic nitrogens is 2. The van der Waals surface area contributed by atoms with Gasteiger partial charge in [0.05, 0.1) is 17.8 Å². The molecule has 0 radical (unpaired) electrons. The van der Waals surface area contributed by atoms with Gasteiger partial charge in [0, 0.05) is 30.1 Å². The van der Waals surface area contributed by atoms with Crippen LogP contribution in [0, 0.1) is 0 Å². The van der Waals surface area contributed by atoms with E-state index in [2.05, 4.69) is 10.4 Å². The molecule has 8 nitrogen and oxygen atoms in total. The summed E-state index contributed by atoms with van der Waals surface area (Å²) in [6, 6.07) is 8.88. The van der Waals surface area contributed by atoms with Crippen molar-refractivity contribution in [3.63, 3.8) is 0 Å². The number of thiophene rings is 1. The Balaban J connectivity index is 1.24. The Hall–Kier alpha value is -3.33. The molecule has 9 heteroatoms. The van der Waals surface area contributed by atoms with Crippen LogP contribution in [0.1, 0.15) is 39.6 Å². The first-order chi connectivity index (χ1) is 14.7. The number of rotatable bonds is 4. The Morgan fingerprint density at radius 2 is 1.90 bits per heavy atom. The molecule has 30 heavy (non-hydrogen) atoms. The highest BCUT2D eigenvalue weighted by Crippen LogP contribution is 2.33. The molecule has 154 valence electrons. The second-order valence-electron chi connectivity index (χ2n) is 7.22. The molecule has 1 N–H and O–H groups in total. The molecule has 4 heterocycles. The lowest BCUT2D eigenvalue weighted by Crippen LogP contribution is -2.39. The number of carbonyl (C=O) groups is 2. The highest BCUT2D eigenvalue weighted by atomic mass is 32.1. The summed E-state index contributed by atoms with van der Waals surface area (Å²) in [5.74, 6) is 1.69. The highest BCUT2D eigenvalue weighted by molar-refractivity contribution is 7.08. The van der Waals surface area contributed by atoms with Crippen LogP contribution in [0.2, 0.25) is 0 Å². The van der Waals surface area contributed by atoms with Crippen LogP contribution in [-0.4, -0.2) is 46.4 Å². The molecular formula is C21H20N4O4S. The van der Waals surface area contributed by atoms with Gasteiger partial charge >= 0.3 is 0 Å². The SMILES string of the molecule is O=C(Nc1ccnn1C1CCN(C(=O)c2ccsc2)CC1)c1ccc2c(c1)OCO2. The molecule has 0 unspecified atom stereocenters. The number of ether oxygens (including phenoxy) is 2. The zero-order valence-electron chi connectivity index (χ0n) is 16.1. The van der Waals surface area contributed by atoms with E-state index in [1.54, 1.807) is 30.5 Å². The summed E-state index contributed by atoms with van der Waals surface area (Å²) in [5.41, 5.74) is 1.23. The number of likely N-dealkylation sites (tertiary alicyclic amines) is 1. The number of anilines is 1. The minimum absolute atomic E-state index is 0.0755. The molecule has 2 aliphatic heterocycles.